The van der Waals surface area contributed by atoms with Gasteiger partial charge in [0, 0.05) is 16.9 Å². The molecule has 0 saturated heterocycles. The summed E-state index contributed by atoms with van der Waals surface area (Å²) in [5.41, 5.74) is 10.3. The SMILES string of the molecule is C=CCc1cc(/C=N/NC(=O)c2ccc(-n3c(C)ccc3-c3ccccc3)cc2)ccc1OCc1ccc2c(c1)OCO2. The third kappa shape index (κ3) is 6.21. The number of aryl methyl sites for hydroxylation is 1. The van der Waals surface area contributed by atoms with Crippen LogP contribution in [0, 0.1) is 6.92 Å². The molecular formula is C36H31N3O4. The summed E-state index contributed by atoms with van der Waals surface area (Å²) >= 11 is 0. The molecule has 214 valence electrons. The summed E-state index contributed by atoms with van der Waals surface area (Å²) in [7, 11) is 0. The molecule has 7 nitrogen and oxygen atoms in total. The van der Waals surface area contributed by atoms with Crippen molar-refractivity contribution in [3.05, 3.63) is 144 Å². The molecule has 0 saturated carbocycles. The lowest BCUT2D eigenvalue weighted by atomic mass is 10.1. The number of aromatic nitrogens is 1. The first-order valence-electron chi connectivity index (χ1n) is 14.0. The number of benzene rings is 4. The van der Waals surface area contributed by atoms with E-state index in [1.165, 1.54) is 0 Å². The van der Waals surface area contributed by atoms with Gasteiger partial charge in [0.25, 0.3) is 5.91 Å². The number of rotatable bonds is 10. The molecule has 6 rings (SSSR count). The Morgan fingerprint density at radius 2 is 1.77 bits per heavy atom. The second kappa shape index (κ2) is 12.5. The fourth-order valence-electron chi connectivity index (χ4n) is 5.03. The van der Waals surface area contributed by atoms with Gasteiger partial charge in [0.1, 0.15) is 12.4 Å². The first-order valence-corrected chi connectivity index (χ1v) is 14.0. The van der Waals surface area contributed by atoms with E-state index in [0.29, 0.717) is 18.6 Å². The van der Waals surface area contributed by atoms with Gasteiger partial charge in [0.05, 0.1) is 11.9 Å². The van der Waals surface area contributed by atoms with Crippen LogP contribution >= 0.6 is 0 Å². The average Bonchev–Trinajstić information content (AvgIpc) is 3.67. The highest BCUT2D eigenvalue weighted by Crippen LogP contribution is 2.33. The molecule has 5 aromatic rings. The zero-order valence-corrected chi connectivity index (χ0v) is 23.8. The van der Waals surface area contributed by atoms with Crippen molar-refractivity contribution >= 4 is 12.1 Å². The van der Waals surface area contributed by atoms with Gasteiger partial charge in [0.2, 0.25) is 6.79 Å². The first-order chi connectivity index (χ1) is 21.1. The summed E-state index contributed by atoms with van der Waals surface area (Å²) in [5, 5.41) is 4.19. The molecule has 0 spiro atoms. The third-order valence-corrected chi connectivity index (χ3v) is 7.19. The molecule has 0 radical (unpaired) electrons. The maximum atomic E-state index is 12.8. The number of allylic oxidation sites excluding steroid dienone is 1. The Morgan fingerprint density at radius 1 is 0.953 bits per heavy atom. The number of hydrogen-bond acceptors (Lipinski definition) is 5. The minimum atomic E-state index is -0.287. The Hall–Kier alpha value is -5.56. The Balaban J connectivity index is 1.10. The van der Waals surface area contributed by atoms with Crippen LogP contribution < -0.4 is 19.6 Å². The number of nitrogens with zero attached hydrogens (tertiary/aromatic N) is 2. The van der Waals surface area contributed by atoms with Crippen molar-refractivity contribution in [2.45, 2.75) is 20.0 Å². The highest BCUT2D eigenvalue weighted by molar-refractivity contribution is 5.95. The second-order valence-corrected chi connectivity index (χ2v) is 10.1. The van der Waals surface area contributed by atoms with Crippen LogP contribution in [0.25, 0.3) is 16.9 Å². The summed E-state index contributed by atoms with van der Waals surface area (Å²) in [5.74, 6) is 1.94. The van der Waals surface area contributed by atoms with Gasteiger partial charge >= 0.3 is 0 Å². The zero-order valence-electron chi connectivity index (χ0n) is 23.8. The molecular weight excluding hydrogens is 538 g/mol. The van der Waals surface area contributed by atoms with Gasteiger partial charge < -0.3 is 18.8 Å². The average molecular weight is 570 g/mol. The number of carbonyl (C=O) groups excluding carboxylic acids is 1. The zero-order chi connectivity index (χ0) is 29.6. The fourth-order valence-corrected chi connectivity index (χ4v) is 5.03. The van der Waals surface area contributed by atoms with E-state index in [9.17, 15) is 4.79 Å². The quantitative estimate of drug-likeness (QED) is 0.109. The number of ether oxygens (including phenoxy) is 3. The molecule has 1 aromatic heterocycles. The van der Waals surface area contributed by atoms with Gasteiger partial charge in [-0.3, -0.25) is 4.79 Å². The number of fused-ring (bicyclic) bond motifs is 1. The Labute approximate surface area is 250 Å². The molecule has 43 heavy (non-hydrogen) atoms. The molecule has 1 amide bonds. The van der Waals surface area contributed by atoms with Crippen LogP contribution in [0.4, 0.5) is 0 Å². The lowest BCUT2D eigenvalue weighted by molar-refractivity contribution is 0.0955. The van der Waals surface area contributed by atoms with Crippen LogP contribution in [0.5, 0.6) is 17.2 Å². The van der Waals surface area contributed by atoms with Gasteiger partial charge in [-0.1, -0.05) is 42.5 Å². The van der Waals surface area contributed by atoms with Crippen LogP contribution in [0.15, 0.2) is 121 Å². The van der Waals surface area contributed by atoms with Crippen LogP contribution in [-0.2, 0) is 13.0 Å². The first kappa shape index (κ1) is 27.6. The largest absolute Gasteiger partial charge is 0.489 e. The van der Waals surface area contributed by atoms with Crippen molar-refractivity contribution in [1.82, 2.24) is 9.99 Å². The molecule has 7 heteroatoms. The van der Waals surface area contributed by atoms with Crippen molar-refractivity contribution in [2.75, 3.05) is 6.79 Å². The maximum Gasteiger partial charge on any atom is 0.271 e. The molecule has 0 fully saturated rings. The van der Waals surface area contributed by atoms with Crippen LogP contribution in [0.3, 0.4) is 0 Å². The number of amides is 1. The molecule has 2 heterocycles. The van der Waals surface area contributed by atoms with Crippen molar-refractivity contribution in [3.8, 4) is 34.2 Å². The number of carbonyl (C=O) groups is 1. The summed E-state index contributed by atoms with van der Waals surface area (Å²) in [4.78, 5) is 12.8. The second-order valence-electron chi connectivity index (χ2n) is 10.1. The van der Waals surface area contributed by atoms with Crippen LogP contribution in [-0.4, -0.2) is 23.5 Å². The minimum absolute atomic E-state index is 0.239. The summed E-state index contributed by atoms with van der Waals surface area (Å²) in [6.07, 6.45) is 4.08. The lowest BCUT2D eigenvalue weighted by Gasteiger charge is -2.13. The Kier molecular flexibility index (Phi) is 8.04. The molecule has 0 atom stereocenters. The monoisotopic (exact) mass is 569 g/mol. The van der Waals surface area contributed by atoms with Crippen LogP contribution in [0.2, 0.25) is 0 Å². The van der Waals surface area contributed by atoms with Crippen molar-refractivity contribution in [2.24, 2.45) is 5.10 Å². The van der Waals surface area contributed by atoms with Crippen molar-refractivity contribution in [1.29, 1.82) is 0 Å². The summed E-state index contributed by atoms with van der Waals surface area (Å²) < 4.78 is 19.1. The van der Waals surface area contributed by atoms with Crippen molar-refractivity contribution < 1.29 is 19.0 Å². The van der Waals surface area contributed by atoms with E-state index in [-0.39, 0.29) is 12.7 Å². The van der Waals surface area contributed by atoms with Gasteiger partial charge in [-0.25, -0.2) is 5.43 Å². The predicted molar refractivity (Wildman–Crippen MR) is 168 cm³/mol. The number of nitrogens with one attached hydrogen (secondary N) is 1. The van der Waals surface area contributed by atoms with Gasteiger partial charge in [0.15, 0.2) is 11.5 Å². The van der Waals surface area contributed by atoms with Crippen molar-refractivity contribution in [3.63, 3.8) is 0 Å². The number of hydrazone groups is 1. The van der Waals surface area contributed by atoms with Gasteiger partial charge in [-0.15, -0.1) is 6.58 Å². The molecule has 1 aliphatic rings. The minimum Gasteiger partial charge on any atom is -0.489 e. The molecule has 1 aliphatic heterocycles. The summed E-state index contributed by atoms with van der Waals surface area (Å²) in [6.45, 7) is 6.57. The van der Waals surface area contributed by atoms with E-state index in [1.807, 2.05) is 84.9 Å². The smallest absolute Gasteiger partial charge is 0.271 e. The van der Waals surface area contributed by atoms with E-state index in [2.05, 4.69) is 52.9 Å². The Bertz CT molecular complexity index is 1790. The highest BCUT2D eigenvalue weighted by Gasteiger charge is 2.14. The predicted octanol–water partition coefficient (Wildman–Crippen LogP) is 7.25. The van der Waals surface area contributed by atoms with E-state index >= 15 is 0 Å². The van der Waals surface area contributed by atoms with E-state index in [4.69, 9.17) is 14.2 Å². The summed E-state index contributed by atoms with van der Waals surface area (Å²) in [6, 6.07) is 33.5. The van der Waals surface area contributed by atoms with E-state index in [0.717, 1.165) is 56.6 Å². The topological polar surface area (TPSA) is 74.1 Å². The molecule has 4 aromatic carbocycles. The third-order valence-electron chi connectivity index (χ3n) is 7.19. The standard InChI is InChI=1S/C36H31N3O4/c1-3-7-30-20-26(11-18-33(30)41-23-27-12-19-34-35(21-27)43-24-42-34)22-37-38-36(40)29-13-15-31(16-14-29)39-25(2)10-17-32(39)28-8-5-4-6-9-28/h3-6,8-22H,1,7,23-24H2,2H3,(H,38,40)/b37-22+. The lowest BCUT2D eigenvalue weighted by Crippen LogP contribution is -2.17. The Morgan fingerprint density at radius 3 is 2.58 bits per heavy atom. The molecule has 0 unspecified atom stereocenters. The van der Waals surface area contributed by atoms with E-state index in [1.54, 1.807) is 6.21 Å². The van der Waals surface area contributed by atoms with E-state index < -0.39 is 0 Å². The van der Waals surface area contributed by atoms with Gasteiger partial charge in [-0.05, 0) is 102 Å². The fraction of sp³-hybridized carbons (Fsp3) is 0.111. The molecule has 0 bridgehead atoms. The molecule has 0 aliphatic carbocycles. The molecule has 1 N–H and O–H groups in total. The van der Waals surface area contributed by atoms with Crippen LogP contribution in [0.1, 0.15) is 32.7 Å². The highest BCUT2D eigenvalue weighted by atomic mass is 16.7. The maximum absolute atomic E-state index is 12.8. The number of hydrogen-bond donors (Lipinski definition) is 1. The normalized spacial score (nSPS) is 11.9. The van der Waals surface area contributed by atoms with Gasteiger partial charge in [-0.2, -0.15) is 5.10 Å².